The number of amides is 4. The second kappa shape index (κ2) is 28.8. The van der Waals surface area contributed by atoms with Gasteiger partial charge in [0.25, 0.3) is 11.8 Å². The molecule has 2 aromatic carbocycles. The number of Topliss-reactive ketones (excluding diaryl/α,β-unsaturated/α-hetero) is 2. The first-order valence-electron chi connectivity index (χ1n) is 26.3. The Hall–Kier alpha value is -7.75. The molecule has 82 heavy (non-hydrogen) atoms. The number of aromatic nitrogens is 5. The fourth-order valence-corrected chi connectivity index (χ4v) is 9.48. The number of aliphatic hydroxyl groups is 1. The van der Waals surface area contributed by atoms with Crippen LogP contribution in [0.15, 0.2) is 89.2 Å². The van der Waals surface area contributed by atoms with E-state index in [1.54, 1.807) is 41.1 Å². The lowest BCUT2D eigenvalue weighted by atomic mass is 9.77. The molecule has 6 N–H and O–H groups in total. The number of likely N-dealkylation sites (tertiary alicyclic amines) is 1. The van der Waals surface area contributed by atoms with E-state index in [1.807, 2.05) is 52.0 Å². The van der Waals surface area contributed by atoms with Crippen molar-refractivity contribution in [3.8, 4) is 27.6 Å². The van der Waals surface area contributed by atoms with Crippen molar-refractivity contribution in [1.29, 1.82) is 0 Å². The maximum absolute atomic E-state index is 14.0. The van der Waals surface area contributed by atoms with E-state index in [4.69, 9.17) is 29.1 Å². The standard InChI is InChI=1S/C56H65F3N10O12S/c1-34-49(82-33-64-34)37-9-7-35(8-10-37)27-62-52(75)45-26-40(70)28-68(45)54(76)42(55(2,3)4)25-41(71)30-80-23-22-79-21-20-78-19-18-77-17-5-6-46(72)36-11-13-39(14-12-36)69-29-43(48(67-69)50(60)73)65-51(74)44-31-81-53(66-44)38-15-16-61-47(24-38)63-32-56(57,58)59/h7-16,24,29,31,33,40,42,45,70H,5-6,17-23,25-28,30,32H2,1-4H3,(H2,60,73)(H,61,63)(H,62,75)(H,65,74)/t40-,42-,45+/m1/s1. The van der Waals surface area contributed by atoms with Crippen LogP contribution in [0.2, 0.25) is 0 Å². The van der Waals surface area contributed by atoms with Crippen molar-refractivity contribution >= 4 is 58.0 Å². The molecule has 1 aliphatic rings. The fourth-order valence-electron chi connectivity index (χ4n) is 8.67. The molecule has 4 amide bonds. The lowest BCUT2D eigenvalue weighted by Gasteiger charge is -2.34. The van der Waals surface area contributed by atoms with Gasteiger partial charge in [-0.15, -0.1) is 11.3 Å². The zero-order chi connectivity index (χ0) is 59.0. The number of carbonyl (C=O) groups excluding carboxylic acids is 6. The van der Waals surface area contributed by atoms with Crippen LogP contribution in [0, 0.1) is 18.3 Å². The van der Waals surface area contributed by atoms with Crippen molar-refractivity contribution in [2.75, 3.05) is 76.6 Å². The number of nitrogens with one attached hydrogen (secondary N) is 3. The summed E-state index contributed by atoms with van der Waals surface area (Å²) >= 11 is 1.56. The summed E-state index contributed by atoms with van der Waals surface area (Å²) < 4.78 is 66.9. The molecule has 0 spiro atoms. The molecule has 0 saturated carbocycles. The number of anilines is 2. The number of alkyl halides is 3. The normalized spacial score (nSPS) is 14.9. The number of oxazole rings is 1. The second-order valence-electron chi connectivity index (χ2n) is 20.3. The summed E-state index contributed by atoms with van der Waals surface area (Å²) in [6, 6.07) is 16.0. The predicted molar refractivity (Wildman–Crippen MR) is 294 cm³/mol. The minimum absolute atomic E-state index is 0.00872. The van der Waals surface area contributed by atoms with Gasteiger partial charge in [0.05, 0.1) is 79.4 Å². The summed E-state index contributed by atoms with van der Waals surface area (Å²) in [7, 11) is 0. The van der Waals surface area contributed by atoms with Crippen LogP contribution in [0.5, 0.6) is 0 Å². The van der Waals surface area contributed by atoms with E-state index in [-0.39, 0.29) is 123 Å². The van der Waals surface area contributed by atoms with Gasteiger partial charge in [0.2, 0.25) is 17.7 Å². The Kier molecular flexibility index (Phi) is 21.7. The molecule has 1 fully saturated rings. The van der Waals surface area contributed by atoms with Crippen LogP contribution in [0.3, 0.4) is 0 Å². The highest BCUT2D eigenvalue weighted by Crippen LogP contribution is 2.34. The lowest BCUT2D eigenvalue weighted by Crippen LogP contribution is -2.50. The number of nitrogens with two attached hydrogens (primary N) is 1. The van der Waals surface area contributed by atoms with Gasteiger partial charge in [-0.3, -0.25) is 28.8 Å². The van der Waals surface area contributed by atoms with Crippen LogP contribution < -0.4 is 21.7 Å². The molecule has 1 saturated heterocycles. The Morgan fingerprint density at radius 3 is 2.22 bits per heavy atom. The Balaban J connectivity index is 0.734. The van der Waals surface area contributed by atoms with Gasteiger partial charge in [0.1, 0.15) is 31.3 Å². The molecule has 1 aliphatic heterocycles. The van der Waals surface area contributed by atoms with Crippen molar-refractivity contribution in [2.45, 2.75) is 78.2 Å². The fraction of sp³-hybridized carbons (Fsp3) is 0.429. The number of hydrogen-bond donors (Lipinski definition) is 5. The van der Waals surface area contributed by atoms with Gasteiger partial charge in [-0.25, -0.2) is 19.6 Å². The van der Waals surface area contributed by atoms with Crippen LogP contribution >= 0.6 is 11.3 Å². The molecular weight excluding hydrogens is 1090 g/mol. The first kappa shape index (κ1) is 61.9. The van der Waals surface area contributed by atoms with E-state index in [1.165, 1.54) is 34.1 Å². The monoisotopic (exact) mass is 1160 g/mol. The number of halogens is 3. The Labute approximate surface area is 474 Å². The summed E-state index contributed by atoms with van der Waals surface area (Å²) in [5.74, 6) is -3.80. The summed E-state index contributed by atoms with van der Waals surface area (Å²) in [6.07, 6.45) is -1.06. The molecule has 0 radical (unpaired) electrons. The van der Waals surface area contributed by atoms with E-state index in [9.17, 15) is 47.0 Å². The van der Waals surface area contributed by atoms with Crippen LogP contribution in [0.25, 0.3) is 27.6 Å². The number of hydrogen-bond acceptors (Lipinski definition) is 18. The summed E-state index contributed by atoms with van der Waals surface area (Å²) in [6.45, 7) is 8.05. The number of ether oxygens (including phenoxy) is 4. The van der Waals surface area contributed by atoms with Gasteiger partial charge >= 0.3 is 6.18 Å². The minimum Gasteiger partial charge on any atom is -0.444 e. The van der Waals surface area contributed by atoms with Gasteiger partial charge in [0.15, 0.2) is 23.0 Å². The highest BCUT2D eigenvalue weighted by atomic mass is 32.1. The topological polar surface area (TPSA) is 295 Å². The van der Waals surface area contributed by atoms with Crippen LogP contribution in [-0.4, -0.2) is 154 Å². The molecule has 438 valence electrons. The van der Waals surface area contributed by atoms with Gasteiger partial charge in [-0.2, -0.15) is 18.3 Å². The number of benzene rings is 2. The van der Waals surface area contributed by atoms with Crippen LogP contribution in [0.4, 0.5) is 24.7 Å². The highest BCUT2D eigenvalue weighted by molar-refractivity contribution is 7.13. The molecule has 26 heteroatoms. The number of nitrogens with zero attached hydrogens (tertiary/aromatic N) is 6. The molecule has 0 aliphatic carbocycles. The Bertz CT molecular complexity index is 3140. The van der Waals surface area contributed by atoms with Crippen molar-refractivity contribution in [3.05, 3.63) is 113 Å². The molecule has 4 aromatic heterocycles. The number of primary amides is 1. The van der Waals surface area contributed by atoms with E-state index in [2.05, 4.69) is 36.0 Å². The van der Waals surface area contributed by atoms with Gasteiger partial charge in [-0.05, 0) is 66.3 Å². The number of β-amino-alcohol motifs (C(OH)–C–C–N with tert-alkyl or cyclic N) is 1. The van der Waals surface area contributed by atoms with Crippen molar-refractivity contribution < 1.29 is 70.4 Å². The molecule has 5 heterocycles. The van der Waals surface area contributed by atoms with Crippen LogP contribution in [-0.2, 0) is 39.9 Å². The van der Waals surface area contributed by atoms with Crippen LogP contribution in [0.1, 0.15) is 89.0 Å². The zero-order valence-electron chi connectivity index (χ0n) is 45.7. The zero-order valence-corrected chi connectivity index (χ0v) is 46.5. The number of aliphatic hydroxyl groups excluding tert-OH is 1. The van der Waals surface area contributed by atoms with E-state index in [0.29, 0.717) is 37.5 Å². The molecule has 7 rings (SSSR count). The summed E-state index contributed by atoms with van der Waals surface area (Å²) in [5, 5.41) is 22.4. The first-order valence-corrected chi connectivity index (χ1v) is 27.2. The Morgan fingerprint density at radius 2 is 1.57 bits per heavy atom. The maximum atomic E-state index is 14.0. The third-order valence-corrected chi connectivity index (χ3v) is 14.0. The largest absolute Gasteiger partial charge is 0.444 e. The average Bonchev–Trinajstić information content (AvgIpc) is 4.49. The van der Waals surface area contributed by atoms with Gasteiger partial charge in [-0.1, -0.05) is 45.0 Å². The number of rotatable bonds is 30. The third-order valence-electron chi connectivity index (χ3n) is 13.0. The van der Waals surface area contributed by atoms with Gasteiger partial charge < -0.3 is 55.1 Å². The minimum atomic E-state index is -4.47. The molecular formula is C56H65F3N10O12S. The van der Waals surface area contributed by atoms with E-state index >= 15 is 0 Å². The number of ketones is 2. The quantitative estimate of drug-likeness (QED) is 0.0234. The predicted octanol–water partition coefficient (Wildman–Crippen LogP) is 6.61. The number of aryl methyl sites for hydroxylation is 1. The molecule has 0 unspecified atom stereocenters. The average molecular weight is 1160 g/mol. The number of pyridine rings is 1. The maximum Gasteiger partial charge on any atom is 0.405 e. The summed E-state index contributed by atoms with van der Waals surface area (Å²) in [4.78, 5) is 93.6. The van der Waals surface area contributed by atoms with Crippen molar-refractivity contribution in [2.24, 2.45) is 17.1 Å². The first-order chi connectivity index (χ1) is 39.1. The van der Waals surface area contributed by atoms with Crippen molar-refractivity contribution in [3.63, 3.8) is 0 Å². The van der Waals surface area contributed by atoms with Crippen molar-refractivity contribution in [1.82, 2.24) is 34.9 Å². The number of carbonyl (C=O) groups is 6. The third kappa shape index (κ3) is 17.9. The second-order valence-corrected chi connectivity index (χ2v) is 21.1. The summed E-state index contributed by atoms with van der Waals surface area (Å²) in [5.41, 5.74) is 10.2. The molecule has 0 bridgehead atoms. The van der Waals surface area contributed by atoms with Gasteiger partial charge in [0, 0.05) is 62.2 Å². The van der Waals surface area contributed by atoms with E-state index in [0.717, 1.165) is 28.0 Å². The molecule has 3 atom stereocenters. The van der Waals surface area contributed by atoms with E-state index < -0.39 is 48.0 Å². The highest BCUT2D eigenvalue weighted by Gasteiger charge is 2.44. The SMILES string of the molecule is Cc1ncsc1-c1ccc(CNC(=O)[C@@H]2C[C@@H](O)CN2C(=O)[C@@H](CC(=O)COCCOCCOCCOCCCC(=O)c2ccc(-n3cc(NC(=O)c4coc(-c5ccnc(NCC(F)(F)F)c5)n4)c(C(N)=O)n3)cc2)C(C)(C)C)cc1. The number of thiazole rings is 1. The lowest BCUT2D eigenvalue weighted by molar-refractivity contribution is -0.146. The Morgan fingerprint density at radius 1 is 0.890 bits per heavy atom. The molecule has 6 aromatic rings. The smallest absolute Gasteiger partial charge is 0.405 e. The molecule has 22 nitrogen and oxygen atoms in total.